The third-order valence-corrected chi connectivity index (χ3v) is 2.03. The van der Waals surface area contributed by atoms with Crippen LogP contribution in [0.25, 0.3) is 11.5 Å². The molecule has 0 aliphatic carbocycles. The minimum Gasteiger partial charge on any atom is -0.419 e. The molecular formula is C11H8FN3O. The molecule has 4 nitrogen and oxygen atoms in total. The smallest absolute Gasteiger partial charge is 0.232 e. The van der Waals surface area contributed by atoms with Gasteiger partial charge in [-0.25, -0.2) is 4.39 Å². The van der Waals surface area contributed by atoms with Crippen LogP contribution in [0.3, 0.4) is 0 Å². The number of hydrogen-bond donors (Lipinski definition) is 1. The number of nitrogens with one attached hydrogen (secondary N) is 1. The van der Waals surface area contributed by atoms with Crippen molar-refractivity contribution in [1.82, 2.24) is 4.98 Å². The highest BCUT2D eigenvalue weighted by Gasteiger charge is 2.13. The predicted octanol–water partition coefficient (Wildman–Crippen LogP) is 2.39. The third-order valence-electron chi connectivity index (χ3n) is 2.03. The molecule has 2 aromatic rings. The molecule has 0 spiro atoms. The number of halogens is 1. The van der Waals surface area contributed by atoms with E-state index in [9.17, 15) is 4.39 Å². The first-order chi connectivity index (χ1) is 7.74. The SMILES string of the molecule is CNc1oc(-c2cccc(F)c2)nc1C#N. The Hall–Kier alpha value is -2.35. The van der Waals surface area contributed by atoms with Crippen LogP contribution >= 0.6 is 0 Å². The first-order valence-electron chi connectivity index (χ1n) is 4.59. The van der Waals surface area contributed by atoms with Crippen LogP contribution in [0.4, 0.5) is 10.3 Å². The Morgan fingerprint density at radius 1 is 1.50 bits per heavy atom. The number of nitriles is 1. The fraction of sp³-hybridized carbons (Fsp3) is 0.0909. The van der Waals surface area contributed by atoms with Gasteiger partial charge in [0.05, 0.1) is 0 Å². The maximum Gasteiger partial charge on any atom is 0.232 e. The zero-order chi connectivity index (χ0) is 11.5. The highest BCUT2D eigenvalue weighted by molar-refractivity contribution is 5.58. The molecule has 1 aromatic carbocycles. The minimum absolute atomic E-state index is 0.154. The fourth-order valence-electron chi connectivity index (χ4n) is 1.31. The molecular weight excluding hydrogens is 209 g/mol. The summed E-state index contributed by atoms with van der Waals surface area (Å²) in [4.78, 5) is 3.95. The Morgan fingerprint density at radius 2 is 2.31 bits per heavy atom. The molecule has 0 unspecified atom stereocenters. The van der Waals surface area contributed by atoms with Crippen LogP contribution in [0.5, 0.6) is 0 Å². The molecule has 0 aliphatic heterocycles. The second-order valence-electron chi connectivity index (χ2n) is 3.07. The van der Waals surface area contributed by atoms with Crippen molar-refractivity contribution in [1.29, 1.82) is 5.26 Å². The maximum atomic E-state index is 13.0. The molecule has 0 amide bonds. The second-order valence-corrected chi connectivity index (χ2v) is 3.07. The van der Waals surface area contributed by atoms with Gasteiger partial charge in [0.2, 0.25) is 17.5 Å². The van der Waals surface area contributed by atoms with Crippen LogP contribution < -0.4 is 5.32 Å². The molecule has 0 saturated heterocycles. The largest absolute Gasteiger partial charge is 0.419 e. The van der Waals surface area contributed by atoms with Gasteiger partial charge >= 0.3 is 0 Å². The molecule has 0 radical (unpaired) electrons. The van der Waals surface area contributed by atoms with E-state index in [0.29, 0.717) is 5.56 Å². The molecule has 16 heavy (non-hydrogen) atoms. The average molecular weight is 217 g/mol. The van der Waals surface area contributed by atoms with E-state index in [1.165, 1.54) is 12.1 Å². The lowest BCUT2D eigenvalue weighted by atomic mass is 10.2. The van der Waals surface area contributed by atoms with E-state index in [4.69, 9.17) is 9.68 Å². The molecule has 1 aromatic heterocycles. The van der Waals surface area contributed by atoms with E-state index in [1.54, 1.807) is 19.2 Å². The van der Waals surface area contributed by atoms with Crippen molar-refractivity contribution in [3.63, 3.8) is 0 Å². The molecule has 0 fully saturated rings. The first kappa shape index (κ1) is 10.2. The van der Waals surface area contributed by atoms with Crippen LogP contribution in [0.2, 0.25) is 0 Å². The number of benzene rings is 1. The van der Waals surface area contributed by atoms with E-state index in [-0.39, 0.29) is 23.3 Å². The van der Waals surface area contributed by atoms with Gasteiger partial charge in [-0.05, 0) is 18.2 Å². The zero-order valence-electron chi connectivity index (χ0n) is 8.49. The topological polar surface area (TPSA) is 61.9 Å². The average Bonchev–Trinajstić information content (AvgIpc) is 2.72. The predicted molar refractivity (Wildman–Crippen MR) is 56.2 cm³/mol. The van der Waals surface area contributed by atoms with Gasteiger partial charge in [0, 0.05) is 12.6 Å². The molecule has 0 atom stereocenters. The van der Waals surface area contributed by atoms with Gasteiger partial charge in [0.25, 0.3) is 0 Å². The van der Waals surface area contributed by atoms with Crippen LogP contribution in [-0.4, -0.2) is 12.0 Å². The van der Waals surface area contributed by atoms with E-state index in [2.05, 4.69) is 10.3 Å². The summed E-state index contributed by atoms with van der Waals surface area (Å²) in [6.07, 6.45) is 0. The quantitative estimate of drug-likeness (QED) is 0.838. The highest BCUT2D eigenvalue weighted by atomic mass is 19.1. The summed E-state index contributed by atoms with van der Waals surface area (Å²) in [7, 11) is 1.62. The lowest BCUT2D eigenvalue weighted by molar-refractivity contribution is 0.586. The number of oxazole rings is 1. The number of aromatic nitrogens is 1. The molecule has 1 heterocycles. The summed E-state index contributed by atoms with van der Waals surface area (Å²) < 4.78 is 18.3. The van der Waals surface area contributed by atoms with E-state index < -0.39 is 0 Å². The normalized spacial score (nSPS) is 9.81. The minimum atomic E-state index is -0.375. The molecule has 0 aliphatic rings. The lowest BCUT2D eigenvalue weighted by Crippen LogP contribution is -1.87. The Kier molecular flexibility index (Phi) is 2.56. The van der Waals surface area contributed by atoms with Crippen molar-refractivity contribution in [3.05, 3.63) is 35.8 Å². The summed E-state index contributed by atoms with van der Waals surface area (Å²) in [5.74, 6) is 0.127. The molecule has 80 valence electrons. The van der Waals surface area contributed by atoms with Gasteiger partial charge in [-0.1, -0.05) is 6.07 Å². The Morgan fingerprint density at radius 3 is 2.88 bits per heavy atom. The fourth-order valence-corrected chi connectivity index (χ4v) is 1.31. The maximum absolute atomic E-state index is 13.0. The highest BCUT2D eigenvalue weighted by Crippen LogP contribution is 2.25. The van der Waals surface area contributed by atoms with E-state index >= 15 is 0 Å². The van der Waals surface area contributed by atoms with Gasteiger partial charge < -0.3 is 9.73 Å². The van der Waals surface area contributed by atoms with Gasteiger partial charge in [-0.2, -0.15) is 10.2 Å². The number of anilines is 1. The summed E-state index contributed by atoms with van der Waals surface area (Å²) >= 11 is 0. The van der Waals surface area contributed by atoms with Crippen LogP contribution in [-0.2, 0) is 0 Å². The summed E-state index contributed by atoms with van der Waals surface area (Å²) in [5.41, 5.74) is 0.653. The number of nitrogens with zero attached hydrogens (tertiary/aromatic N) is 2. The van der Waals surface area contributed by atoms with Crippen molar-refractivity contribution < 1.29 is 8.81 Å². The molecule has 0 saturated carbocycles. The summed E-state index contributed by atoms with van der Waals surface area (Å²) in [5, 5.41) is 11.5. The van der Waals surface area contributed by atoms with Gasteiger partial charge in [0.15, 0.2) is 0 Å². The molecule has 1 N–H and O–H groups in total. The zero-order valence-corrected chi connectivity index (χ0v) is 8.49. The van der Waals surface area contributed by atoms with Crippen molar-refractivity contribution in [2.24, 2.45) is 0 Å². The Balaban J connectivity index is 2.49. The molecule has 2 rings (SSSR count). The van der Waals surface area contributed by atoms with Crippen LogP contribution in [0, 0.1) is 17.1 Å². The van der Waals surface area contributed by atoms with E-state index in [0.717, 1.165) is 0 Å². The molecule has 5 heteroatoms. The summed E-state index contributed by atoms with van der Waals surface area (Å²) in [6.45, 7) is 0. The lowest BCUT2D eigenvalue weighted by Gasteiger charge is -1.94. The van der Waals surface area contributed by atoms with E-state index in [1.807, 2.05) is 6.07 Å². The molecule has 0 bridgehead atoms. The van der Waals surface area contributed by atoms with Crippen molar-refractivity contribution in [2.45, 2.75) is 0 Å². The number of hydrogen-bond acceptors (Lipinski definition) is 4. The monoisotopic (exact) mass is 217 g/mol. The standard InChI is InChI=1S/C11H8FN3O/c1-14-11-9(6-13)15-10(16-11)7-3-2-4-8(12)5-7/h2-5,14H,1H3. The van der Waals surface area contributed by atoms with Gasteiger partial charge in [-0.3, -0.25) is 0 Å². The van der Waals surface area contributed by atoms with Crippen molar-refractivity contribution in [3.8, 4) is 17.5 Å². The number of rotatable bonds is 2. The van der Waals surface area contributed by atoms with Crippen molar-refractivity contribution in [2.75, 3.05) is 12.4 Å². The Labute approximate surface area is 91.3 Å². The Bertz CT molecular complexity index is 557. The van der Waals surface area contributed by atoms with Crippen molar-refractivity contribution >= 4 is 5.88 Å². The second kappa shape index (κ2) is 4.03. The van der Waals surface area contributed by atoms with Gasteiger partial charge in [-0.15, -0.1) is 0 Å². The third kappa shape index (κ3) is 1.73. The van der Waals surface area contributed by atoms with Gasteiger partial charge in [0.1, 0.15) is 11.9 Å². The summed E-state index contributed by atoms with van der Waals surface area (Å²) in [6, 6.07) is 7.74. The van der Waals surface area contributed by atoms with Crippen LogP contribution in [0.1, 0.15) is 5.69 Å². The first-order valence-corrected chi connectivity index (χ1v) is 4.59. The van der Waals surface area contributed by atoms with Crippen LogP contribution in [0.15, 0.2) is 28.7 Å².